The van der Waals surface area contributed by atoms with Crippen LogP contribution < -0.4 is 4.74 Å². The normalized spacial score (nSPS) is 23.3. The van der Waals surface area contributed by atoms with E-state index in [0.29, 0.717) is 29.9 Å². The zero-order valence-corrected chi connectivity index (χ0v) is 34.6. The van der Waals surface area contributed by atoms with Gasteiger partial charge in [0.1, 0.15) is 24.1 Å². The molecule has 3 aliphatic rings. The van der Waals surface area contributed by atoms with Gasteiger partial charge in [0.05, 0.1) is 36.3 Å². The van der Waals surface area contributed by atoms with Gasteiger partial charge < -0.3 is 34.4 Å². The number of phenols is 1. The summed E-state index contributed by atoms with van der Waals surface area (Å²) in [6.07, 6.45) is 7.76. The number of carbonyl (C=O) groups is 1. The van der Waals surface area contributed by atoms with Gasteiger partial charge in [-0.1, -0.05) is 72.6 Å². The van der Waals surface area contributed by atoms with Gasteiger partial charge in [-0.2, -0.15) is 0 Å². The van der Waals surface area contributed by atoms with Crippen LogP contribution in [0.4, 0.5) is 10.5 Å². The van der Waals surface area contributed by atoms with Gasteiger partial charge >= 0.3 is 6.09 Å². The van der Waals surface area contributed by atoms with Crippen molar-refractivity contribution in [3.05, 3.63) is 136 Å². The van der Waals surface area contributed by atoms with Crippen LogP contribution in [0.5, 0.6) is 11.5 Å². The molecule has 0 unspecified atom stereocenters. The molecule has 13 heteroatoms. The summed E-state index contributed by atoms with van der Waals surface area (Å²) >= 11 is 0. The van der Waals surface area contributed by atoms with Crippen LogP contribution in [-0.4, -0.2) is 75.2 Å². The Balaban J connectivity index is 1.44. The number of hydrogen-bond acceptors (Lipinski definition) is 11. The standard InChI is InChI=1S/C48H55N3O10/c1-3-26-59-48-44(50(47(55)58-4-2)30-35-15-11-14-33-12-5-6-16-38(33)35)29-42(49-60-31-32-18-20-36(21-19-32)51(56)57)40-27-34(13-7-9-24-52)39(17-8-10-25-53)45(46(40)48)41-28-37(54)22-23-43(41)61-48/h3,5-6,11-12,14-16,18-23,27-28,34,39,44-46,52-54H,1,4,7-10,13,17,24-26,29-31H2,2H3/t34-,39+,44-,45+,46+,48+/m0/s1. The summed E-state index contributed by atoms with van der Waals surface area (Å²) in [5.41, 5.74) is 3.77. The van der Waals surface area contributed by atoms with E-state index >= 15 is 0 Å². The minimum absolute atomic E-state index is 0.000150. The summed E-state index contributed by atoms with van der Waals surface area (Å²) in [4.78, 5) is 33.3. The second kappa shape index (κ2) is 19.7. The zero-order valence-electron chi connectivity index (χ0n) is 34.6. The van der Waals surface area contributed by atoms with Crippen molar-refractivity contribution >= 4 is 28.3 Å². The number of ether oxygens (including phenoxy) is 3. The number of carbonyl (C=O) groups excluding carboxylic acids is 1. The maximum Gasteiger partial charge on any atom is 0.410 e. The summed E-state index contributed by atoms with van der Waals surface area (Å²) in [6, 6.07) is 24.4. The molecule has 1 fully saturated rings. The molecule has 4 aromatic carbocycles. The smallest absolute Gasteiger partial charge is 0.410 e. The Bertz CT molecular complexity index is 2240. The largest absolute Gasteiger partial charge is 0.508 e. The maximum absolute atomic E-state index is 14.6. The van der Waals surface area contributed by atoms with E-state index in [-0.39, 0.29) is 75.2 Å². The first-order valence-corrected chi connectivity index (χ1v) is 21.3. The molecule has 6 atom stereocenters. The predicted molar refractivity (Wildman–Crippen MR) is 231 cm³/mol. The van der Waals surface area contributed by atoms with Crippen LogP contribution >= 0.6 is 0 Å². The van der Waals surface area contributed by atoms with Crippen molar-refractivity contribution in [2.75, 3.05) is 26.4 Å². The molecule has 0 aromatic heterocycles. The lowest BCUT2D eigenvalue weighted by Gasteiger charge is -2.59. The molecule has 0 bridgehead atoms. The number of hydrogen-bond donors (Lipinski definition) is 3. The fourth-order valence-electron chi connectivity index (χ4n) is 9.68. The number of aromatic hydroxyl groups is 1. The first-order chi connectivity index (χ1) is 29.7. The predicted octanol–water partition coefficient (Wildman–Crippen LogP) is 8.95. The van der Waals surface area contributed by atoms with E-state index in [1.807, 2.05) is 42.5 Å². The van der Waals surface area contributed by atoms with E-state index < -0.39 is 28.8 Å². The third kappa shape index (κ3) is 9.14. The average Bonchev–Trinajstić information content (AvgIpc) is 3.26. The molecule has 13 nitrogen and oxygen atoms in total. The van der Waals surface area contributed by atoms with Gasteiger partial charge in [0.25, 0.3) is 5.69 Å². The number of aliphatic hydroxyl groups excluding tert-OH is 2. The van der Waals surface area contributed by atoms with Crippen molar-refractivity contribution in [1.82, 2.24) is 4.90 Å². The first kappa shape index (κ1) is 43.3. The molecule has 1 saturated carbocycles. The van der Waals surface area contributed by atoms with Crippen molar-refractivity contribution in [2.45, 2.75) is 82.8 Å². The number of unbranched alkanes of at least 4 members (excludes halogenated alkanes) is 2. The number of non-ortho nitro benzene ring substituents is 1. The third-order valence-corrected chi connectivity index (χ3v) is 12.3. The van der Waals surface area contributed by atoms with E-state index in [9.17, 15) is 30.2 Å². The van der Waals surface area contributed by atoms with Gasteiger partial charge in [-0.15, -0.1) is 6.58 Å². The van der Waals surface area contributed by atoms with Crippen molar-refractivity contribution < 1.29 is 44.1 Å². The van der Waals surface area contributed by atoms with Crippen LogP contribution in [0, 0.1) is 27.9 Å². The highest BCUT2D eigenvalue weighted by atomic mass is 16.7. The summed E-state index contributed by atoms with van der Waals surface area (Å²) in [6.45, 7) is 6.28. The Morgan fingerprint density at radius 1 is 1.02 bits per heavy atom. The number of nitrogens with zero attached hydrogens (tertiary/aromatic N) is 3. The lowest BCUT2D eigenvalue weighted by Crippen LogP contribution is -2.70. The molecular formula is C48H55N3O10. The van der Waals surface area contributed by atoms with Crippen LogP contribution in [0.25, 0.3) is 10.8 Å². The Morgan fingerprint density at radius 3 is 2.51 bits per heavy atom. The van der Waals surface area contributed by atoms with E-state index in [1.165, 1.54) is 12.1 Å². The number of rotatable bonds is 19. The fraction of sp³-hybridized carbons (Fsp3) is 0.417. The Morgan fingerprint density at radius 2 is 1.77 bits per heavy atom. The molecule has 0 spiro atoms. The van der Waals surface area contributed by atoms with Gasteiger partial charge in [0.2, 0.25) is 5.79 Å². The van der Waals surface area contributed by atoms with Gasteiger partial charge in [-0.25, -0.2) is 4.79 Å². The molecule has 2 aliphatic carbocycles. The minimum Gasteiger partial charge on any atom is -0.508 e. The van der Waals surface area contributed by atoms with Gasteiger partial charge in [-0.3, -0.25) is 15.0 Å². The van der Waals surface area contributed by atoms with E-state index in [0.717, 1.165) is 53.2 Å². The number of aliphatic hydroxyl groups is 2. The van der Waals surface area contributed by atoms with Gasteiger partial charge in [0.15, 0.2) is 0 Å². The molecule has 1 amide bonds. The number of nitro benzene ring substituents is 1. The highest BCUT2D eigenvalue weighted by Gasteiger charge is 2.65. The maximum atomic E-state index is 14.6. The lowest BCUT2D eigenvalue weighted by molar-refractivity contribution is -0.384. The number of phenolic OH excluding ortho intramolecular Hbond substituents is 1. The summed E-state index contributed by atoms with van der Waals surface area (Å²) in [5, 5.41) is 49.0. The molecule has 61 heavy (non-hydrogen) atoms. The van der Waals surface area contributed by atoms with E-state index in [2.05, 4.69) is 12.7 Å². The summed E-state index contributed by atoms with van der Waals surface area (Å²) in [7, 11) is 0. The molecule has 3 N–H and O–H groups in total. The van der Waals surface area contributed by atoms with Crippen molar-refractivity contribution in [1.29, 1.82) is 0 Å². The molecule has 1 aliphatic heterocycles. The molecule has 1 heterocycles. The number of benzene rings is 4. The molecule has 322 valence electrons. The van der Waals surface area contributed by atoms with Gasteiger partial charge in [0, 0.05) is 43.2 Å². The second-order valence-electron chi connectivity index (χ2n) is 16.0. The molecule has 0 saturated heterocycles. The number of nitro groups is 1. The number of allylic oxidation sites excluding steroid dienone is 1. The monoisotopic (exact) mass is 833 g/mol. The SMILES string of the molecule is C=CCO[C@@]12Oc3ccc(O)cc3[C@H]3[C@H](CCCCO)[C@@H](CCCCO)C=C(C(=NOCc4ccc([N+](=O)[O-])cc4)C[C@@H]1N(Cc1cccc4ccccc14)C(=O)OCC)[C@H]32. The number of amides is 1. The van der Waals surface area contributed by atoms with Crippen LogP contribution in [0.15, 0.2) is 114 Å². The third-order valence-electron chi connectivity index (χ3n) is 12.3. The number of oxime groups is 1. The van der Waals surface area contributed by atoms with E-state index in [4.69, 9.17) is 24.2 Å². The van der Waals surface area contributed by atoms with E-state index in [1.54, 1.807) is 48.2 Å². The van der Waals surface area contributed by atoms with Crippen LogP contribution in [0.3, 0.4) is 0 Å². The summed E-state index contributed by atoms with van der Waals surface area (Å²) in [5.74, 6) is -1.83. The van der Waals surface area contributed by atoms with Crippen molar-refractivity contribution in [2.24, 2.45) is 22.9 Å². The molecule has 4 aromatic rings. The van der Waals surface area contributed by atoms with Gasteiger partial charge in [-0.05, 0) is 102 Å². The van der Waals surface area contributed by atoms with Crippen molar-refractivity contribution in [3.63, 3.8) is 0 Å². The highest BCUT2D eigenvalue weighted by Crippen LogP contribution is 2.62. The van der Waals surface area contributed by atoms with Crippen LogP contribution in [-0.2, 0) is 27.5 Å². The quantitative estimate of drug-likeness (QED) is 0.0358. The first-order valence-electron chi connectivity index (χ1n) is 21.3. The second-order valence-corrected chi connectivity index (χ2v) is 16.0. The Hall–Kier alpha value is -5.76. The highest BCUT2D eigenvalue weighted by molar-refractivity contribution is 6.03. The molecule has 0 radical (unpaired) electrons. The van der Waals surface area contributed by atoms with Crippen molar-refractivity contribution in [3.8, 4) is 11.5 Å². The average molecular weight is 834 g/mol. The number of fused-ring (bicyclic) bond motifs is 3. The topological polar surface area (TPSA) is 173 Å². The van der Waals surface area contributed by atoms with Crippen LogP contribution in [0.2, 0.25) is 0 Å². The molecular weight excluding hydrogens is 779 g/mol. The Kier molecular flexibility index (Phi) is 14.0. The summed E-state index contributed by atoms with van der Waals surface area (Å²) < 4.78 is 20.1. The lowest BCUT2D eigenvalue weighted by atomic mass is 9.55. The zero-order chi connectivity index (χ0) is 42.9. The molecule has 7 rings (SSSR count). The minimum atomic E-state index is -1.52. The van der Waals surface area contributed by atoms with Crippen LogP contribution in [0.1, 0.15) is 74.5 Å². The Labute approximate surface area is 356 Å². The fourth-order valence-corrected chi connectivity index (χ4v) is 9.68.